The van der Waals surface area contributed by atoms with Gasteiger partial charge in [0, 0.05) is 32.3 Å². The third-order valence-electron chi connectivity index (χ3n) is 3.91. The van der Waals surface area contributed by atoms with Crippen LogP contribution in [0.15, 0.2) is 12.3 Å². The van der Waals surface area contributed by atoms with Crippen molar-refractivity contribution in [2.24, 2.45) is 5.92 Å². The summed E-state index contributed by atoms with van der Waals surface area (Å²) in [6.45, 7) is 7.16. The fraction of sp³-hybridized carbons (Fsp3) is 0.750. The van der Waals surface area contributed by atoms with Crippen LogP contribution in [0.3, 0.4) is 0 Å². The second-order valence-electron chi connectivity index (χ2n) is 6.26. The molecular weight excluding hydrogens is 248 g/mol. The molecule has 0 bridgehead atoms. The zero-order valence-electron chi connectivity index (χ0n) is 12.8. The molecule has 0 radical (unpaired) electrons. The number of hydrogen-bond donors (Lipinski definition) is 0. The summed E-state index contributed by atoms with van der Waals surface area (Å²) in [5, 5.41) is 13.5. The molecule has 1 heterocycles. The molecule has 0 aliphatic heterocycles. The number of nitrogens with zero attached hydrogens (tertiary/aromatic N) is 4. The fourth-order valence-electron chi connectivity index (χ4n) is 3.02. The normalized spacial score (nSPS) is 16.1. The van der Waals surface area contributed by atoms with Gasteiger partial charge >= 0.3 is 0 Å². The van der Waals surface area contributed by atoms with Crippen LogP contribution in [0.1, 0.15) is 57.7 Å². The first-order valence-corrected chi connectivity index (χ1v) is 7.82. The minimum Gasteiger partial charge on any atom is -0.296 e. The van der Waals surface area contributed by atoms with Crippen LogP contribution >= 0.6 is 0 Å². The molecule has 0 unspecified atom stereocenters. The van der Waals surface area contributed by atoms with Gasteiger partial charge in [-0.3, -0.25) is 9.58 Å². The molecule has 0 saturated heterocycles. The SMILES string of the molecule is CC(C)CN(CCC#N)Cc1ccn(C2CCCC2)n1. The quantitative estimate of drug-likeness (QED) is 0.765. The second kappa shape index (κ2) is 7.44. The van der Waals surface area contributed by atoms with Crippen LogP contribution in [-0.2, 0) is 6.54 Å². The first kappa shape index (κ1) is 15.1. The molecular formula is C16H26N4. The Morgan fingerprint density at radius 1 is 1.45 bits per heavy atom. The molecule has 1 aromatic heterocycles. The van der Waals surface area contributed by atoms with Crippen LogP contribution in [0.5, 0.6) is 0 Å². The van der Waals surface area contributed by atoms with Crippen LogP contribution in [0.2, 0.25) is 0 Å². The zero-order chi connectivity index (χ0) is 14.4. The van der Waals surface area contributed by atoms with E-state index in [1.165, 1.54) is 25.7 Å². The standard InChI is InChI=1S/C16H26N4/c1-14(2)12-19(10-5-9-17)13-15-8-11-20(18-15)16-6-3-4-7-16/h8,11,14,16H,3-7,10,12-13H2,1-2H3. The van der Waals surface area contributed by atoms with Gasteiger partial charge < -0.3 is 0 Å². The molecule has 0 amide bonds. The molecule has 4 heteroatoms. The van der Waals surface area contributed by atoms with Gasteiger partial charge in [-0.1, -0.05) is 26.7 Å². The molecule has 1 aromatic rings. The third kappa shape index (κ3) is 4.35. The van der Waals surface area contributed by atoms with Gasteiger partial charge in [-0.15, -0.1) is 0 Å². The molecule has 2 rings (SSSR count). The Bertz CT molecular complexity index is 438. The van der Waals surface area contributed by atoms with Crippen molar-refractivity contribution in [2.45, 2.75) is 58.5 Å². The minimum absolute atomic E-state index is 0.593. The van der Waals surface area contributed by atoms with Gasteiger partial charge in [0.2, 0.25) is 0 Å². The first-order chi connectivity index (χ1) is 9.69. The monoisotopic (exact) mass is 274 g/mol. The molecule has 4 nitrogen and oxygen atoms in total. The Morgan fingerprint density at radius 3 is 2.85 bits per heavy atom. The molecule has 1 aliphatic carbocycles. The van der Waals surface area contributed by atoms with Gasteiger partial charge in [-0.2, -0.15) is 10.4 Å². The van der Waals surface area contributed by atoms with Crippen molar-refractivity contribution in [2.75, 3.05) is 13.1 Å². The highest BCUT2D eigenvalue weighted by Crippen LogP contribution is 2.28. The molecule has 0 atom stereocenters. The van der Waals surface area contributed by atoms with Crippen LogP contribution in [0.4, 0.5) is 0 Å². The van der Waals surface area contributed by atoms with Crippen LogP contribution in [0, 0.1) is 17.2 Å². The first-order valence-electron chi connectivity index (χ1n) is 7.82. The Kier molecular flexibility index (Phi) is 5.60. The predicted molar refractivity (Wildman–Crippen MR) is 80.1 cm³/mol. The number of rotatable bonds is 7. The van der Waals surface area contributed by atoms with Gasteiger partial charge in [0.05, 0.1) is 17.8 Å². The van der Waals surface area contributed by atoms with Gasteiger partial charge in [0.1, 0.15) is 0 Å². The van der Waals surface area contributed by atoms with E-state index in [4.69, 9.17) is 10.4 Å². The molecule has 0 spiro atoms. The minimum atomic E-state index is 0.593. The summed E-state index contributed by atoms with van der Waals surface area (Å²) in [4.78, 5) is 2.34. The number of aromatic nitrogens is 2. The highest BCUT2D eigenvalue weighted by molar-refractivity contribution is 5.00. The van der Waals surface area contributed by atoms with Crippen molar-refractivity contribution in [1.82, 2.24) is 14.7 Å². The largest absolute Gasteiger partial charge is 0.296 e. The molecule has 1 aliphatic rings. The topological polar surface area (TPSA) is 44.9 Å². The van der Waals surface area contributed by atoms with Gasteiger partial charge in [0.15, 0.2) is 0 Å². The van der Waals surface area contributed by atoms with Crippen LogP contribution in [0.25, 0.3) is 0 Å². The van der Waals surface area contributed by atoms with Crippen molar-refractivity contribution >= 4 is 0 Å². The molecule has 0 N–H and O–H groups in total. The van der Waals surface area contributed by atoms with Crippen molar-refractivity contribution in [3.8, 4) is 6.07 Å². The maximum Gasteiger partial charge on any atom is 0.0764 e. The molecule has 1 fully saturated rings. The summed E-state index contributed by atoms with van der Waals surface area (Å²) < 4.78 is 2.15. The van der Waals surface area contributed by atoms with E-state index in [0.29, 0.717) is 18.4 Å². The van der Waals surface area contributed by atoms with E-state index >= 15 is 0 Å². The lowest BCUT2D eigenvalue weighted by atomic mass is 10.2. The van der Waals surface area contributed by atoms with Gasteiger partial charge in [-0.05, 0) is 24.8 Å². The van der Waals surface area contributed by atoms with E-state index in [1.807, 2.05) is 0 Å². The predicted octanol–water partition coefficient (Wildman–Crippen LogP) is 3.37. The number of nitriles is 1. The van der Waals surface area contributed by atoms with Crippen LogP contribution in [-0.4, -0.2) is 27.8 Å². The van der Waals surface area contributed by atoms with Crippen molar-refractivity contribution in [3.63, 3.8) is 0 Å². The summed E-state index contributed by atoms with van der Waals surface area (Å²) in [5.41, 5.74) is 1.13. The highest BCUT2D eigenvalue weighted by Gasteiger charge is 2.18. The van der Waals surface area contributed by atoms with E-state index in [1.54, 1.807) is 0 Å². The lowest BCUT2D eigenvalue weighted by Gasteiger charge is -2.22. The Labute approximate surface area is 122 Å². The van der Waals surface area contributed by atoms with Crippen molar-refractivity contribution in [3.05, 3.63) is 18.0 Å². The summed E-state index contributed by atoms with van der Waals surface area (Å²) in [6, 6.07) is 4.99. The highest BCUT2D eigenvalue weighted by atomic mass is 15.3. The average Bonchev–Trinajstić information content (AvgIpc) is 3.05. The Hall–Kier alpha value is -1.34. The Morgan fingerprint density at radius 2 is 2.20 bits per heavy atom. The Balaban J connectivity index is 1.93. The molecule has 110 valence electrons. The second-order valence-corrected chi connectivity index (χ2v) is 6.26. The van der Waals surface area contributed by atoms with Gasteiger partial charge in [-0.25, -0.2) is 0 Å². The maximum absolute atomic E-state index is 8.77. The summed E-state index contributed by atoms with van der Waals surface area (Å²) >= 11 is 0. The summed E-state index contributed by atoms with van der Waals surface area (Å²) in [5.74, 6) is 0.616. The van der Waals surface area contributed by atoms with Crippen molar-refractivity contribution < 1.29 is 0 Å². The van der Waals surface area contributed by atoms with E-state index < -0.39 is 0 Å². The van der Waals surface area contributed by atoms with Gasteiger partial charge in [0.25, 0.3) is 0 Å². The molecule has 0 aromatic carbocycles. The molecule has 1 saturated carbocycles. The fourth-order valence-corrected chi connectivity index (χ4v) is 3.02. The van der Waals surface area contributed by atoms with E-state index in [9.17, 15) is 0 Å². The van der Waals surface area contributed by atoms with E-state index in [0.717, 1.165) is 25.3 Å². The lowest BCUT2D eigenvalue weighted by molar-refractivity contribution is 0.237. The smallest absolute Gasteiger partial charge is 0.0764 e. The average molecular weight is 274 g/mol. The van der Waals surface area contributed by atoms with E-state index in [2.05, 4.69) is 41.8 Å². The van der Waals surface area contributed by atoms with E-state index in [-0.39, 0.29) is 0 Å². The van der Waals surface area contributed by atoms with Crippen molar-refractivity contribution in [1.29, 1.82) is 5.26 Å². The summed E-state index contributed by atoms with van der Waals surface area (Å²) in [7, 11) is 0. The maximum atomic E-state index is 8.77. The van der Waals surface area contributed by atoms with Crippen LogP contribution < -0.4 is 0 Å². The molecule has 20 heavy (non-hydrogen) atoms. The third-order valence-corrected chi connectivity index (χ3v) is 3.91. The lowest BCUT2D eigenvalue weighted by Crippen LogP contribution is -2.28. The summed E-state index contributed by atoms with van der Waals surface area (Å²) in [6.07, 6.45) is 7.93. The zero-order valence-corrected chi connectivity index (χ0v) is 12.8. The number of hydrogen-bond acceptors (Lipinski definition) is 3.